The second kappa shape index (κ2) is 6.95. The third-order valence-corrected chi connectivity index (χ3v) is 5.03. The predicted octanol–water partition coefficient (Wildman–Crippen LogP) is 1.35. The van der Waals surface area contributed by atoms with Crippen molar-refractivity contribution in [2.45, 2.75) is 32.5 Å². The fraction of sp³-hybridized carbons (Fsp3) is 0.500. The van der Waals surface area contributed by atoms with Crippen LogP contribution in [0, 0.1) is 5.92 Å². The van der Waals surface area contributed by atoms with Crippen LogP contribution in [0.15, 0.2) is 29.0 Å². The van der Waals surface area contributed by atoms with Gasteiger partial charge < -0.3 is 23.9 Å². The van der Waals surface area contributed by atoms with Gasteiger partial charge in [0.25, 0.3) is 5.91 Å². The van der Waals surface area contributed by atoms with Crippen LogP contribution in [-0.2, 0) is 22.6 Å². The Morgan fingerprint density at radius 3 is 3.00 bits per heavy atom. The van der Waals surface area contributed by atoms with Crippen molar-refractivity contribution < 1.29 is 18.7 Å². The topological polar surface area (TPSA) is 89.6 Å². The van der Waals surface area contributed by atoms with E-state index in [1.54, 1.807) is 24.6 Å². The van der Waals surface area contributed by atoms with Crippen LogP contribution in [0.2, 0.25) is 0 Å². The molecule has 2 amide bonds. The molecule has 0 spiro atoms. The lowest BCUT2D eigenvalue weighted by Crippen LogP contribution is -2.44. The molecule has 2 aromatic heterocycles. The molecule has 1 fully saturated rings. The summed E-state index contributed by atoms with van der Waals surface area (Å²) < 4.78 is 12.5. The summed E-state index contributed by atoms with van der Waals surface area (Å²) in [5, 5.41) is 2.80. The third-order valence-electron chi connectivity index (χ3n) is 5.03. The number of nitrogens with one attached hydrogen (secondary N) is 1. The lowest BCUT2D eigenvalue weighted by molar-refractivity contribution is -0.138. The maximum Gasteiger partial charge on any atom is 0.271 e. The summed E-state index contributed by atoms with van der Waals surface area (Å²) in [7, 11) is 0. The Kier molecular flexibility index (Phi) is 4.50. The Balaban J connectivity index is 1.45. The first-order valence-corrected chi connectivity index (χ1v) is 8.89. The number of rotatable bonds is 4. The fourth-order valence-electron chi connectivity index (χ4n) is 3.54. The molecule has 1 saturated heterocycles. The quantitative estimate of drug-likeness (QED) is 0.891. The minimum atomic E-state index is -0.252. The van der Waals surface area contributed by atoms with E-state index in [9.17, 15) is 9.59 Å². The molecule has 2 aliphatic heterocycles. The van der Waals surface area contributed by atoms with Crippen LogP contribution in [0.4, 0.5) is 0 Å². The molecule has 0 aromatic carbocycles. The Morgan fingerprint density at radius 2 is 2.27 bits per heavy atom. The zero-order valence-corrected chi connectivity index (χ0v) is 14.7. The summed E-state index contributed by atoms with van der Waals surface area (Å²) >= 11 is 0. The van der Waals surface area contributed by atoms with Crippen molar-refractivity contribution in [3.05, 3.63) is 41.9 Å². The number of ether oxygens (including phenoxy) is 1. The average Bonchev–Trinajstić information content (AvgIpc) is 3.40. The van der Waals surface area contributed by atoms with Crippen molar-refractivity contribution in [2.75, 3.05) is 19.8 Å². The molecule has 2 atom stereocenters. The first-order valence-electron chi connectivity index (χ1n) is 8.89. The van der Waals surface area contributed by atoms with Gasteiger partial charge in [-0.05, 0) is 25.5 Å². The number of hydrogen-bond donors (Lipinski definition) is 1. The van der Waals surface area contributed by atoms with Gasteiger partial charge in [-0.2, -0.15) is 0 Å². The van der Waals surface area contributed by atoms with Gasteiger partial charge in [-0.25, -0.2) is 4.98 Å². The summed E-state index contributed by atoms with van der Waals surface area (Å²) in [5.74, 6) is 1.23. The smallest absolute Gasteiger partial charge is 0.271 e. The summed E-state index contributed by atoms with van der Waals surface area (Å²) in [4.78, 5) is 31.4. The maximum absolute atomic E-state index is 12.7. The molecule has 2 aliphatic rings. The molecule has 0 unspecified atom stereocenters. The van der Waals surface area contributed by atoms with E-state index in [1.807, 2.05) is 16.4 Å². The molecule has 0 aliphatic carbocycles. The molecule has 1 N–H and O–H groups in total. The third kappa shape index (κ3) is 3.12. The molecule has 8 heteroatoms. The van der Waals surface area contributed by atoms with Crippen molar-refractivity contribution in [2.24, 2.45) is 5.92 Å². The normalized spacial score (nSPS) is 22.3. The first kappa shape index (κ1) is 16.8. The van der Waals surface area contributed by atoms with Crippen molar-refractivity contribution in [3.8, 4) is 0 Å². The lowest BCUT2D eigenvalue weighted by Gasteiger charge is -2.35. The summed E-state index contributed by atoms with van der Waals surface area (Å²) in [6.07, 6.45) is 4.10. The number of nitrogens with zero attached hydrogens (tertiary/aromatic N) is 3. The minimum Gasteiger partial charge on any atom is -0.467 e. The SMILES string of the molecule is C[C@@H]1c2nc(C(=O)NCc3ccco3)cn2CCN1C(=O)[C@H]1CCOC1. The highest BCUT2D eigenvalue weighted by Crippen LogP contribution is 2.28. The van der Waals surface area contributed by atoms with E-state index in [-0.39, 0.29) is 23.8 Å². The van der Waals surface area contributed by atoms with Gasteiger partial charge >= 0.3 is 0 Å². The van der Waals surface area contributed by atoms with Gasteiger partial charge in [-0.1, -0.05) is 0 Å². The van der Waals surface area contributed by atoms with E-state index in [0.717, 1.165) is 12.2 Å². The maximum atomic E-state index is 12.7. The Morgan fingerprint density at radius 1 is 1.38 bits per heavy atom. The van der Waals surface area contributed by atoms with Gasteiger partial charge in [-0.3, -0.25) is 9.59 Å². The highest BCUT2D eigenvalue weighted by atomic mass is 16.5. The predicted molar refractivity (Wildman–Crippen MR) is 91.2 cm³/mol. The van der Waals surface area contributed by atoms with E-state index in [2.05, 4.69) is 10.3 Å². The highest BCUT2D eigenvalue weighted by molar-refractivity contribution is 5.92. The number of amides is 2. The molecule has 0 radical (unpaired) electrons. The van der Waals surface area contributed by atoms with Crippen molar-refractivity contribution in [1.82, 2.24) is 19.8 Å². The van der Waals surface area contributed by atoms with Gasteiger partial charge in [0.05, 0.1) is 31.4 Å². The van der Waals surface area contributed by atoms with Crippen LogP contribution in [0.25, 0.3) is 0 Å². The van der Waals surface area contributed by atoms with E-state index >= 15 is 0 Å². The molecule has 0 saturated carbocycles. The van der Waals surface area contributed by atoms with Gasteiger partial charge in [0.15, 0.2) is 0 Å². The van der Waals surface area contributed by atoms with Crippen LogP contribution in [0.5, 0.6) is 0 Å². The molecule has 2 aromatic rings. The van der Waals surface area contributed by atoms with Crippen LogP contribution in [0.3, 0.4) is 0 Å². The van der Waals surface area contributed by atoms with Gasteiger partial charge in [0, 0.05) is 25.9 Å². The zero-order chi connectivity index (χ0) is 18.1. The lowest BCUT2D eigenvalue weighted by atomic mass is 10.1. The van der Waals surface area contributed by atoms with Crippen LogP contribution in [0.1, 0.15) is 41.5 Å². The minimum absolute atomic E-state index is 0.0602. The molecule has 4 heterocycles. The molecular weight excluding hydrogens is 336 g/mol. The molecular formula is C18H22N4O4. The van der Waals surface area contributed by atoms with Crippen LogP contribution >= 0.6 is 0 Å². The highest BCUT2D eigenvalue weighted by Gasteiger charge is 2.35. The second-order valence-electron chi connectivity index (χ2n) is 6.71. The van der Waals surface area contributed by atoms with Crippen LogP contribution < -0.4 is 5.32 Å². The first-order chi connectivity index (χ1) is 12.6. The Bertz CT molecular complexity index is 792. The van der Waals surface area contributed by atoms with Crippen molar-refractivity contribution >= 4 is 11.8 Å². The number of carbonyl (C=O) groups excluding carboxylic acids is 2. The average molecular weight is 358 g/mol. The number of carbonyl (C=O) groups is 2. The monoisotopic (exact) mass is 358 g/mol. The number of furan rings is 1. The standard InChI is InChI=1S/C18H22N4O4/c1-12-16-20-15(17(23)19-9-14-3-2-7-26-14)10-21(16)5-6-22(12)18(24)13-4-8-25-11-13/h2-3,7,10,12-13H,4-6,8-9,11H2,1H3,(H,19,23)/t12-,13+/m1/s1. The molecule has 0 bridgehead atoms. The molecule has 26 heavy (non-hydrogen) atoms. The zero-order valence-electron chi connectivity index (χ0n) is 14.7. The second-order valence-corrected chi connectivity index (χ2v) is 6.71. The van der Waals surface area contributed by atoms with Gasteiger partial charge in [0.2, 0.25) is 5.91 Å². The van der Waals surface area contributed by atoms with Crippen molar-refractivity contribution in [3.63, 3.8) is 0 Å². The molecule has 8 nitrogen and oxygen atoms in total. The largest absolute Gasteiger partial charge is 0.467 e. The number of hydrogen-bond acceptors (Lipinski definition) is 5. The van der Waals surface area contributed by atoms with E-state index in [1.165, 1.54) is 0 Å². The summed E-state index contributed by atoms with van der Waals surface area (Å²) in [6, 6.07) is 3.42. The fourth-order valence-corrected chi connectivity index (χ4v) is 3.54. The number of imidazole rings is 1. The van der Waals surface area contributed by atoms with E-state index in [4.69, 9.17) is 9.15 Å². The van der Waals surface area contributed by atoms with Crippen molar-refractivity contribution in [1.29, 1.82) is 0 Å². The molecule has 138 valence electrons. The van der Waals surface area contributed by atoms with Gasteiger partial charge in [0.1, 0.15) is 17.3 Å². The summed E-state index contributed by atoms with van der Waals surface area (Å²) in [6.45, 7) is 4.67. The number of fused-ring (bicyclic) bond motifs is 1. The Labute approximate surface area is 151 Å². The van der Waals surface area contributed by atoms with E-state index in [0.29, 0.717) is 44.3 Å². The van der Waals surface area contributed by atoms with Gasteiger partial charge in [-0.15, -0.1) is 0 Å². The Hall–Kier alpha value is -2.61. The molecule has 4 rings (SSSR count). The number of aromatic nitrogens is 2. The van der Waals surface area contributed by atoms with Crippen LogP contribution in [-0.4, -0.2) is 46.0 Å². The summed E-state index contributed by atoms with van der Waals surface area (Å²) in [5.41, 5.74) is 0.358. The van der Waals surface area contributed by atoms with E-state index < -0.39 is 0 Å².